The van der Waals surface area contributed by atoms with Crippen LogP contribution in [0.2, 0.25) is 0 Å². The highest BCUT2D eigenvalue weighted by molar-refractivity contribution is 7.18. The molecule has 1 unspecified atom stereocenters. The van der Waals surface area contributed by atoms with Crippen molar-refractivity contribution in [2.24, 2.45) is 0 Å². The van der Waals surface area contributed by atoms with Gasteiger partial charge in [0.2, 0.25) is 0 Å². The minimum atomic E-state index is 0.621. The number of hydrogen-bond donors (Lipinski definition) is 1. The maximum Gasteiger partial charge on any atom is 0.0982 e. The van der Waals surface area contributed by atoms with E-state index < -0.39 is 0 Å². The molecule has 2 aromatic rings. The molecule has 1 aliphatic heterocycles. The van der Waals surface area contributed by atoms with Gasteiger partial charge in [-0.25, -0.2) is 4.98 Å². The molecule has 1 atom stereocenters. The Kier molecular flexibility index (Phi) is 2.76. The van der Waals surface area contributed by atoms with Crippen molar-refractivity contribution in [3.05, 3.63) is 23.2 Å². The molecule has 0 radical (unpaired) electrons. The zero-order valence-electron chi connectivity index (χ0n) is 10.2. The number of benzene rings is 1. The number of aromatic nitrogens is 1. The van der Waals surface area contributed by atoms with Crippen molar-refractivity contribution in [1.29, 1.82) is 0 Å². The summed E-state index contributed by atoms with van der Waals surface area (Å²) in [6.45, 7) is 2.21. The number of thiazole rings is 1. The molecule has 3 rings (SSSR count). The lowest BCUT2D eigenvalue weighted by atomic mass is 10.1. The van der Waals surface area contributed by atoms with Crippen LogP contribution in [0.1, 0.15) is 17.3 Å². The Morgan fingerprint density at radius 3 is 3.00 bits per heavy atom. The minimum absolute atomic E-state index is 0.621. The summed E-state index contributed by atoms with van der Waals surface area (Å²) in [7, 11) is 4.15. The van der Waals surface area contributed by atoms with Crippen molar-refractivity contribution in [2.45, 2.75) is 12.3 Å². The lowest BCUT2D eigenvalue weighted by Crippen LogP contribution is -2.07. The van der Waals surface area contributed by atoms with E-state index >= 15 is 0 Å². The summed E-state index contributed by atoms with van der Waals surface area (Å²) >= 11 is 1.85. The first-order valence-electron chi connectivity index (χ1n) is 6.02. The molecular formula is C13H17N3S. The molecule has 1 fully saturated rings. The summed E-state index contributed by atoms with van der Waals surface area (Å²) in [6.07, 6.45) is 1.22. The summed E-state index contributed by atoms with van der Waals surface area (Å²) in [5.74, 6) is 0.621. The number of fused-ring (bicyclic) bond motifs is 1. The lowest BCUT2D eigenvalue weighted by Gasteiger charge is -2.11. The largest absolute Gasteiger partial charge is 0.378 e. The van der Waals surface area contributed by atoms with Gasteiger partial charge in [0.25, 0.3) is 0 Å². The van der Waals surface area contributed by atoms with E-state index in [1.807, 2.05) is 11.3 Å². The van der Waals surface area contributed by atoms with Crippen LogP contribution in [-0.2, 0) is 0 Å². The van der Waals surface area contributed by atoms with Gasteiger partial charge in [0.1, 0.15) is 0 Å². The summed E-state index contributed by atoms with van der Waals surface area (Å²) < 4.78 is 1.30. The monoisotopic (exact) mass is 247 g/mol. The number of nitrogens with zero attached hydrogens (tertiary/aromatic N) is 2. The third-order valence-electron chi connectivity index (χ3n) is 3.31. The predicted octanol–water partition coefficient (Wildman–Crippen LogP) is 2.44. The van der Waals surface area contributed by atoms with Crippen molar-refractivity contribution in [2.75, 3.05) is 32.1 Å². The summed E-state index contributed by atoms with van der Waals surface area (Å²) in [5, 5.41) is 4.70. The number of anilines is 1. The Morgan fingerprint density at radius 2 is 2.29 bits per heavy atom. The molecule has 3 nitrogen and oxygen atoms in total. The first kappa shape index (κ1) is 11.0. The van der Waals surface area contributed by atoms with Gasteiger partial charge >= 0.3 is 0 Å². The van der Waals surface area contributed by atoms with E-state index in [1.54, 1.807) is 0 Å². The molecule has 1 aromatic heterocycles. The van der Waals surface area contributed by atoms with Crippen molar-refractivity contribution in [3.8, 4) is 0 Å². The van der Waals surface area contributed by atoms with E-state index in [4.69, 9.17) is 4.98 Å². The van der Waals surface area contributed by atoms with Crippen molar-refractivity contribution < 1.29 is 0 Å². The van der Waals surface area contributed by atoms with Gasteiger partial charge in [-0.15, -0.1) is 11.3 Å². The molecule has 1 aromatic carbocycles. The normalized spacial score (nSPS) is 20.0. The minimum Gasteiger partial charge on any atom is -0.378 e. The third-order valence-corrected chi connectivity index (χ3v) is 4.50. The van der Waals surface area contributed by atoms with Crippen LogP contribution < -0.4 is 10.2 Å². The highest BCUT2D eigenvalue weighted by Gasteiger charge is 2.20. The smallest absolute Gasteiger partial charge is 0.0982 e. The van der Waals surface area contributed by atoms with E-state index in [0.717, 1.165) is 18.6 Å². The second-order valence-electron chi connectivity index (χ2n) is 4.79. The van der Waals surface area contributed by atoms with E-state index in [9.17, 15) is 0 Å². The molecule has 90 valence electrons. The first-order chi connectivity index (χ1) is 8.24. The maximum absolute atomic E-state index is 4.76. The van der Waals surface area contributed by atoms with Crippen molar-refractivity contribution >= 4 is 27.2 Å². The molecule has 0 amide bonds. The van der Waals surface area contributed by atoms with Crippen LogP contribution in [0.4, 0.5) is 5.69 Å². The highest BCUT2D eigenvalue weighted by atomic mass is 32.1. The molecule has 1 saturated heterocycles. The van der Waals surface area contributed by atoms with Gasteiger partial charge in [-0.1, -0.05) is 0 Å². The van der Waals surface area contributed by atoms with Crippen LogP contribution in [0.5, 0.6) is 0 Å². The quantitative estimate of drug-likeness (QED) is 0.883. The maximum atomic E-state index is 4.76. The van der Waals surface area contributed by atoms with Gasteiger partial charge in [0, 0.05) is 32.2 Å². The lowest BCUT2D eigenvalue weighted by molar-refractivity contribution is 0.758. The number of nitrogens with one attached hydrogen (secondary N) is 1. The van der Waals surface area contributed by atoms with Crippen LogP contribution in [-0.4, -0.2) is 32.2 Å². The summed E-state index contributed by atoms with van der Waals surface area (Å²) in [6, 6.07) is 6.50. The number of rotatable bonds is 2. The molecule has 2 heterocycles. The van der Waals surface area contributed by atoms with Crippen LogP contribution >= 0.6 is 11.3 Å². The Bertz CT molecular complexity index is 526. The van der Waals surface area contributed by atoms with E-state index in [0.29, 0.717) is 5.92 Å². The van der Waals surface area contributed by atoms with Crippen LogP contribution in [0.3, 0.4) is 0 Å². The topological polar surface area (TPSA) is 28.2 Å². The second kappa shape index (κ2) is 4.27. The van der Waals surface area contributed by atoms with Gasteiger partial charge in [0.15, 0.2) is 0 Å². The Balaban J connectivity index is 2.00. The SMILES string of the molecule is CN(C)c1ccc2nc(C3CCNC3)sc2c1. The Morgan fingerprint density at radius 1 is 1.41 bits per heavy atom. The fraction of sp³-hybridized carbons (Fsp3) is 0.462. The standard InChI is InChI=1S/C13H17N3S/c1-16(2)10-3-4-11-12(7-10)17-13(15-11)9-5-6-14-8-9/h3-4,7,9,14H,5-6,8H2,1-2H3. The average molecular weight is 247 g/mol. The molecule has 1 aliphatic rings. The van der Waals surface area contributed by atoms with Crippen LogP contribution in [0.15, 0.2) is 18.2 Å². The van der Waals surface area contributed by atoms with Crippen molar-refractivity contribution in [1.82, 2.24) is 10.3 Å². The van der Waals surface area contributed by atoms with Gasteiger partial charge in [-0.2, -0.15) is 0 Å². The predicted molar refractivity (Wildman–Crippen MR) is 74.2 cm³/mol. The zero-order chi connectivity index (χ0) is 11.8. The average Bonchev–Trinajstić information content (AvgIpc) is 2.96. The van der Waals surface area contributed by atoms with Gasteiger partial charge in [-0.3, -0.25) is 0 Å². The third kappa shape index (κ3) is 2.03. The molecule has 0 spiro atoms. The molecule has 0 bridgehead atoms. The zero-order valence-corrected chi connectivity index (χ0v) is 11.0. The number of hydrogen-bond acceptors (Lipinski definition) is 4. The molecular weight excluding hydrogens is 230 g/mol. The van der Waals surface area contributed by atoms with E-state index in [-0.39, 0.29) is 0 Å². The van der Waals surface area contributed by atoms with E-state index in [2.05, 4.69) is 42.5 Å². The van der Waals surface area contributed by atoms with Crippen LogP contribution in [0.25, 0.3) is 10.2 Å². The van der Waals surface area contributed by atoms with Gasteiger partial charge in [0.05, 0.1) is 15.2 Å². The first-order valence-corrected chi connectivity index (χ1v) is 6.84. The molecule has 0 aliphatic carbocycles. The van der Waals surface area contributed by atoms with Crippen molar-refractivity contribution in [3.63, 3.8) is 0 Å². The Labute approximate surface area is 105 Å². The van der Waals surface area contributed by atoms with E-state index in [1.165, 1.54) is 21.8 Å². The fourth-order valence-electron chi connectivity index (χ4n) is 2.25. The fourth-order valence-corrected chi connectivity index (χ4v) is 3.38. The molecule has 4 heteroatoms. The van der Waals surface area contributed by atoms with Gasteiger partial charge < -0.3 is 10.2 Å². The molecule has 1 N–H and O–H groups in total. The van der Waals surface area contributed by atoms with Crippen LogP contribution in [0, 0.1) is 0 Å². The molecule has 17 heavy (non-hydrogen) atoms. The summed E-state index contributed by atoms with van der Waals surface area (Å²) in [5.41, 5.74) is 2.39. The highest BCUT2D eigenvalue weighted by Crippen LogP contribution is 2.32. The summed E-state index contributed by atoms with van der Waals surface area (Å²) in [4.78, 5) is 6.89. The second-order valence-corrected chi connectivity index (χ2v) is 5.85. The molecule has 0 saturated carbocycles. The Hall–Kier alpha value is -1.13. The van der Waals surface area contributed by atoms with Gasteiger partial charge in [-0.05, 0) is 31.2 Å².